The third-order valence-corrected chi connectivity index (χ3v) is 3.33. The van der Waals surface area contributed by atoms with Gasteiger partial charge in [-0.1, -0.05) is 13.3 Å². The second-order valence-electron chi connectivity index (χ2n) is 4.73. The minimum absolute atomic E-state index is 0.0451. The van der Waals surface area contributed by atoms with E-state index >= 15 is 0 Å². The molecule has 0 N–H and O–H groups in total. The summed E-state index contributed by atoms with van der Waals surface area (Å²) in [5, 5.41) is 0. The fourth-order valence-electron chi connectivity index (χ4n) is 2.05. The number of aryl methyl sites for hydroxylation is 1. The molecule has 1 aliphatic rings. The first-order valence-corrected chi connectivity index (χ1v) is 6.45. The minimum atomic E-state index is -0.0451. The summed E-state index contributed by atoms with van der Waals surface area (Å²) in [5.41, 5.74) is 0.761. The molecule has 0 saturated heterocycles. The second-order valence-corrected chi connectivity index (χ2v) is 4.73. The number of hydrogen-bond donors (Lipinski definition) is 0. The Morgan fingerprint density at radius 3 is 2.82 bits per heavy atom. The third-order valence-electron chi connectivity index (χ3n) is 3.33. The van der Waals surface area contributed by atoms with Crippen molar-refractivity contribution in [2.24, 2.45) is 0 Å². The van der Waals surface area contributed by atoms with E-state index in [0.29, 0.717) is 6.04 Å². The molecule has 1 aromatic rings. The first-order valence-electron chi connectivity index (χ1n) is 6.45. The van der Waals surface area contributed by atoms with Gasteiger partial charge in [-0.25, -0.2) is 4.98 Å². The van der Waals surface area contributed by atoms with Crippen LogP contribution in [-0.2, 0) is 0 Å². The van der Waals surface area contributed by atoms with Crippen LogP contribution in [0.2, 0.25) is 0 Å². The van der Waals surface area contributed by atoms with Crippen molar-refractivity contribution in [2.75, 3.05) is 6.54 Å². The minimum Gasteiger partial charge on any atom is -0.441 e. The van der Waals surface area contributed by atoms with E-state index in [1.807, 2.05) is 11.8 Å². The fraction of sp³-hybridized carbons (Fsp3) is 0.692. The Morgan fingerprint density at radius 1 is 1.59 bits per heavy atom. The molecule has 4 heteroatoms. The number of oxazole rings is 1. The van der Waals surface area contributed by atoms with Crippen LogP contribution < -0.4 is 0 Å². The lowest BCUT2D eigenvalue weighted by atomic mass is 9.91. The molecule has 1 aliphatic carbocycles. The SMILES string of the molecule is CCCCN(C(=O)c1nc(C)co1)C1CCC1. The monoisotopic (exact) mass is 236 g/mol. The maximum atomic E-state index is 12.3. The molecule has 2 rings (SSSR count). The van der Waals surface area contributed by atoms with Gasteiger partial charge in [-0.15, -0.1) is 0 Å². The zero-order chi connectivity index (χ0) is 12.3. The number of amides is 1. The van der Waals surface area contributed by atoms with Crippen molar-refractivity contribution in [2.45, 2.75) is 52.0 Å². The quantitative estimate of drug-likeness (QED) is 0.789. The van der Waals surface area contributed by atoms with Gasteiger partial charge in [0, 0.05) is 12.6 Å². The molecule has 0 radical (unpaired) electrons. The van der Waals surface area contributed by atoms with Crippen LogP contribution >= 0.6 is 0 Å². The number of carbonyl (C=O) groups is 1. The normalized spacial score (nSPS) is 15.6. The molecule has 4 nitrogen and oxygen atoms in total. The van der Waals surface area contributed by atoms with E-state index in [2.05, 4.69) is 11.9 Å². The summed E-state index contributed by atoms with van der Waals surface area (Å²) in [6, 6.07) is 0.404. The standard InChI is InChI=1S/C13H20N2O2/c1-3-4-8-15(11-6-5-7-11)13(16)12-14-10(2)9-17-12/h9,11H,3-8H2,1-2H3. The summed E-state index contributed by atoms with van der Waals surface area (Å²) in [4.78, 5) is 18.3. The van der Waals surface area contributed by atoms with Gasteiger partial charge in [0.25, 0.3) is 5.89 Å². The Labute approximate surface area is 102 Å². The molecule has 1 saturated carbocycles. The molecule has 94 valence electrons. The maximum absolute atomic E-state index is 12.3. The summed E-state index contributed by atoms with van der Waals surface area (Å²) in [7, 11) is 0. The second kappa shape index (κ2) is 5.34. The molecule has 0 aliphatic heterocycles. The Balaban J connectivity index is 2.06. The number of nitrogens with zero attached hydrogens (tertiary/aromatic N) is 2. The number of hydrogen-bond acceptors (Lipinski definition) is 3. The highest BCUT2D eigenvalue weighted by Crippen LogP contribution is 2.26. The van der Waals surface area contributed by atoms with Crippen molar-refractivity contribution in [3.63, 3.8) is 0 Å². The third kappa shape index (κ3) is 2.68. The predicted octanol–water partition coefficient (Wildman–Crippen LogP) is 2.78. The van der Waals surface area contributed by atoms with Crippen LogP contribution in [0.3, 0.4) is 0 Å². The summed E-state index contributed by atoms with van der Waals surface area (Å²) in [5.74, 6) is 0.196. The van der Waals surface area contributed by atoms with Crippen molar-refractivity contribution in [3.8, 4) is 0 Å². The van der Waals surface area contributed by atoms with Crippen LogP contribution in [0, 0.1) is 6.92 Å². The van der Waals surface area contributed by atoms with E-state index in [0.717, 1.165) is 37.9 Å². The lowest BCUT2D eigenvalue weighted by Gasteiger charge is -2.36. The van der Waals surface area contributed by atoms with Gasteiger partial charge < -0.3 is 9.32 Å². The molecule has 0 bridgehead atoms. The molecule has 0 spiro atoms. The van der Waals surface area contributed by atoms with E-state index in [-0.39, 0.29) is 11.8 Å². The summed E-state index contributed by atoms with van der Waals surface area (Å²) in [6.45, 7) is 4.79. The van der Waals surface area contributed by atoms with Crippen LogP contribution in [0.1, 0.15) is 55.4 Å². The van der Waals surface area contributed by atoms with Gasteiger partial charge in [-0.3, -0.25) is 4.79 Å². The van der Waals surface area contributed by atoms with Crippen LogP contribution in [-0.4, -0.2) is 28.4 Å². The Kier molecular flexibility index (Phi) is 3.82. The Bertz CT molecular complexity index is 383. The summed E-state index contributed by atoms with van der Waals surface area (Å²) < 4.78 is 5.20. The molecule has 0 atom stereocenters. The molecule has 0 unspecified atom stereocenters. The molecule has 1 amide bonds. The lowest BCUT2D eigenvalue weighted by Crippen LogP contribution is -2.44. The number of aromatic nitrogens is 1. The number of unbranched alkanes of at least 4 members (excludes halogenated alkanes) is 1. The van der Waals surface area contributed by atoms with Crippen LogP contribution in [0.4, 0.5) is 0 Å². The predicted molar refractivity (Wildman–Crippen MR) is 64.8 cm³/mol. The highest BCUT2D eigenvalue weighted by atomic mass is 16.4. The maximum Gasteiger partial charge on any atom is 0.309 e. The lowest BCUT2D eigenvalue weighted by molar-refractivity contribution is 0.0536. The van der Waals surface area contributed by atoms with Gasteiger partial charge in [0.2, 0.25) is 0 Å². The fourth-order valence-corrected chi connectivity index (χ4v) is 2.05. The molecule has 1 heterocycles. The van der Waals surface area contributed by atoms with E-state index < -0.39 is 0 Å². The smallest absolute Gasteiger partial charge is 0.309 e. The molecule has 0 aromatic carbocycles. The number of carbonyl (C=O) groups excluding carboxylic acids is 1. The number of rotatable bonds is 5. The van der Waals surface area contributed by atoms with Crippen molar-refractivity contribution < 1.29 is 9.21 Å². The molecule has 1 fully saturated rings. The average Bonchev–Trinajstić information content (AvgIpc) is 2.67. The summed E-state index contributed by atoms with van der Waals surface area (Å²) >= 11 is 0. The highest BCUT2D eigenvalue weighted by molar-refractivity contribution is 5.90. The van der Waals surface area contributed by atoms with Crippen molar-refractivity contribution in [1.82, 2.24) is 9.88 Å². The Morgan fingerprint density at radius 2 is 2.35 bits per heavy atom. The zero-order valence-electron chi connectivity index (χ0n) is 10.6. The average molecular weight is 236 g/mol. The van der Waals surface area contributed by atoms with Gasteiger partial charge >= 0.3 is 5.91 Å². The largest absolute Gasteiger partial charge is 0.441 e. The molecule has 17 heavy (non-hydrogen) atoms. The van der Waals surface area contributed by atoms with Crippen molar-refractivity contribution in [1.29, 1.82) is 0 Å². The Hall–Kier alpha value is -1.32. The van der Waals surface area contributed by atoms with E-state index in [1.54, 1.807) is 0 Å². The zero-order valence-corrected chi connectivity index (χ0v) is 10.6. The van der Waals surface area contributed by atoms with E-state index in [1.165, 1.54) is 12.7 Å². The van der Waals surface area contributed by atoms with Gasteiger partial charge in [-0.2, -0.15) is 0 Å². The van der Waals surface area contributed by atoms with Crippen molar-refractivity contribution in [3.05, 3.63) is 17.8 Å². The van der Waals surface area contributed by atoms with Crippen LogP contribution in [0.5, 0.6) is 0 Å². The molecule has 1 aromatic heterocycles. The first-order chi connectivity index (χ1) is 8.22. The van der Waals surface area contributed by atoms with Crippen LogP contribution in [0.15, 0.2) is 10.7 Å². The van der Waals surface area contributed by atoms with Crippen LogP contribution in [0.25, 0.3) is 0 Å². The first kappa shape index (κ1) is 12.1. The highest BCUT2D eigenvalue weighted by Gasteiger charge is 2.31. The topological polar surface area (TPSA) is 46.3 Å². The van der Waals surface area contributed by atoms with Gasteiger partial charge in [0.05, 0.1) is 5.69 Å². The summed E-state index contributed by atoms with van der Waals surface area (Å²) in [6.07, 6.45) is 7.14. The van der Waals surface area contributed by atoms with Gasteiger partial charge in [0.15, 0.2) is 0 Å². The van der Waals surface area contributed by atoms with Gasteiger partial charge in [-0.05, 0) is 32.6 Å². The van der Waals surface area contributed by atoms with Gasteiger partial charge in [0.1, 0.15) is 6.26 Å². The van der Waals surface area contributed by atoms with E-state index in [9.17, 15) is 4.79 Å². The van der Waals surface area contributed by atoms with E-state index in [4.69, 9.17) is 4.42 Å². The van der Waals surface area contributed by atoms with Crippen molar-refractivity contribution >= 4 is 5.91 Å². The molecular formula is C13H20N2O2. The molecular weight excluding hydrogens is 216 g/mol.